The Morgan fingerprint density at radius 2 is 2.08 bits per heavy atom. The van der Waals surface area contributed by atoms with Crippen LogP contribution >= 0.6 is 0 Å². The number of amides is 1. The van der Waals surface area contributed by atoms with Gasteiger partial charge in [-0.25, -0.2) is 0 Å². The predicted octanol–water partition coefficient (Wildman–Crippen LogP) is 1.08. The summed E-state index contributed by atoms with van der Waals surface area (Å²) in [6.07, 6.45) is 5.53. The summed E-state index contributed by atoms with van der Waals surface area (Å²) in [4.78, 5) is 11.6. The normalized spacial score (nSPS) is 39.5. The third-order valence-electron chi connectivity index (χ3n) is 3.59. The van der Waals surface area contributed by atoms with Gasteiger partial charge in [0.2, 0.25) is 5.91 Å². The average Bonchev–Trinajstić information content (AvgIpc) is 2.50. The van der Waals surface area contributed by atoms with Crippen molar-refractivity contribution in [1.82, 2.24) is 5.32 Å². The molecule has 0 atom stereocenters. The van der Waals surface area contributed by atoms with E-state index in [1.807, 2.05) is 0 Å². The maximum atomic E-state index is 11.6. The Morgan fingerprint density at radius 1 is 1.38 bits per heavy atom. The fourth-order valence-electron chi connectivity index (χ4n) is 2.57. The van der Waals surface area contributed by atoms with Crippen molar-refractivity contribution in [3.63, 3.8) is 0 Å². The fourth-order valence-corrected chi connectivity index (χ4v) is 2.57. The number of ether oxygens (including phenoxy) is 1. The molecular formula is C10H17NO2. The van der Waals surface area contributed by atoms with Crippen molar-refractivity contribution in [1.29, 1.82) is 0 Å². The minimum Gasteiger partial charge on any atom is -0.381 e. The third-order valence-corrected chi connectivity index (χ3v) is 3.59. The molecule has 1 N–H and O–H groups in total. The Bertz CT molecular complexity index is 207. The quantitative estimate of drug-likeness (QED) is 0.660. The lowest BCUT2D eigenvalue weighted by Crippen LogP contribution is -2.36. The first-order valence-electron chi connectivity index (χ1n) is 5.08. The van der Waals surface area contributed by atoms with Crippen molar-refractivity contribution in [2.24, 2.45) is 5.41 Å². The number of rotatable bonds is 1. The van der Waals surface area contributed by atoms with Crippen LogP contribution in [0, 0.1) is 5.41 Å². The predicted molar refractivity (Wildman–Crippen MR) is 49.3 cm³/mol. The zero-order valence-electron chi connectivity index (χ0n) is 8.14. The molecule has 1 aliphatic heterocycles. The highest BCUT2D eigenvalue weighted by Crippen LogP contribution is 2.42. The molecule has 0 aromatic rings. The average molecular weight is 183 g/mol. The van der Waals surface area contributed by atoms with Crippen molar-refractivity contribution in [3.8, 4) is 0 Å². The van der Waals surface area contributed by atoms with Crippen molar-refractivity contribution >= 4 is 5.91 Å². The number of hydrogen-bond donors (Lipinski definition) is 1. The van der Waals surface area contributed by atoms with Crippen LogP contribution in [0.15, 0.2) is 0 Å². The van der Waals surface area contributed by atoms with Gasteiger partial charge in [0.1, 0.15) is 0 Å². The number of nitrogens with one attached hydrogen (secondary N) is 1. The van der Waals surface area contributed by atoms with Crippen molar-refractivity contribution in [3.05, 3.63) is 0 Å². The summed E-state index contributed by atoms with van der Waals surface area (Å²) in [6, 6.07) is 0. The van der Waals surface area contributed by atoms with Gasteiger partial charge in [0.25, 0.3) is 0 Å². The molecule has 1 aliphatic carbocycles. The zero-order chi connectivity index (χ0) is 9.31. The largest absolute Gasteiger partial charge is 0.381 e. The highest BCUT2D eigenvalue weighted by molar-refractivity contribution is 5.84. The first-order valence-corrected chi connectivity index (χ1v) is 5.08. The summed E-state index contributed by atoms with van der Waals surface area (Å²) < 4.78 is 5.30. The minimum absolute atomic E-state index is 0.0188. The van der Waals surface area contributed by atoms with Crippen LogP contribution in [-0.4, -0.2) is 25.7 Å². The lowest BCUT2D eigenvalue weighted by atomic mass is 9.72. The number of carbonyl (C=O) groups is 1. The smallest absolute Gasteiger partial charge is 0.226 e. The van der Waals surface area contributed by atoms with Crippen LogP contribution in [0.2, 0.25) is 0 Å². The van der Waals surface area contributed by atoms with Crippen LogP contribution in [-0.2, 0) is 9.53 Å². The van der Waals surface area contributed by atoms with Crippen LogP contribution in [0.1, 0.15) is 32.1 Å². The molecule has 0 bridgehead atoms. The van der Waals surface area contributed by atoms with Gasteiger partial charge in [-0.1, -0.05) is 0 Å². The van der Waals surface area contributed by atoms with Crippen LogP contribution in [0.5, 0.6) is 0 Å². The standard InChI is InChI=1S/C10H17NO2/c1-13-8-2-4-10(5-3-8)6-7-11-9(10)12/h8H,2-7H2,1H3,(H,11,12). The SMILES string of the molecule is COC1CCC2(CCNC2=O)CC1. The van der Waals surface area contributed by atoms with E-state index in [2.05, 4.69) is 5.32 Å². The molecule has 0 aromatic carbocycles. The number of hydrogen-bond acceptors (Lipinski definition) is 2. The molecule has 1 saturated heterocycles. The number of carbonyl (C=O) groups excluding carboxylic acids is 1. The van der Waals surface area contributed by atoms with Crippen molar-refractivity contribution in [2.75, 3.05) is 13.7 Å². The minimum atomic E-state index is -0.0188. The molecule has 1 amide bonds. The Kier molecular flexibility index (Phi) is 2.28. The molecule has 13 heavy (non-hydrogen) atoms. The molecule has 3 heteroatoms. The highest BCUT2D eigenvalue weighted by Gasteiger charge is 2.44. The van der Waals surface area contributed by atoms with Crippen LogP contribution in [0.4, 0.5) is 0 Å². The molecule has 0 unspecified atom stereocenters. The van der Waals surface area contributed by atoms with Gasteiger partial charge < -0.3 is 10.1 Å². The molecule has 0 aromatic heterocycles. The van der Waals surface area contributed by atoms with Crippen LogP contribution in [0.25, 0.3) is 0 Å². The zero-order valence-corrected chi connectivity index (χ0v) is 8.14. The maximum absolute atomic E-state index is 11.6. The monoisotopic (exact) mass is 183 g/mol. The summed E-state index contributed by atoms with van der Waals surface area (Å²) >= 11 is 0. The molecule has 1 saturated carbocycles. The first-order chi connectivity index (χ1) is 6.27. The first kappa shape index (κ1) is 9.00. The van der Waals surface area contributed by atoms with E-state index in [-0.39, 0.29) is 11.3 Å². The van der Waals surface area contributed by atoms with Crippen LogP contribution < -0.4 is 5.32 Å². The topological polar surface area (TPSA) is 38.3 Å². The van der Waals surface area contributed by atoms with E-state index in [0.29, 0.717) is 6.10 Å². The fraction of sp³-hybridized carbons (Fsp3) is 0.900. The van der Waals surface area contributed by atoms with Gasteiger partial charge in [-0.15, -0.1) is 0 Å². The third kappa shape index (κ3) is 1.46. The lowest BCUT2D eigenvalue weighted by Gasteiger charge is -2.34. The van der Waals surface area contributed by atoms with Crippen LogP contribution in [0.3, 0.4) is 0 Å². The van der Waals surface area contributed by atoms with Crippen molar-refractivity contribution < 1.29 is 9.53 Å². The lowest BCUT2D eigenvalue weighted by molar-refractivity contribution is -0.130. The van der Waals surface area contributed by atoms with Gasteiger partial charge in [-0.2, -0.15) is 0 Å². The van der Waals surface area contributed by atoms with E-state index in [1.165, 1.54) is 0 Å². The van der Waals surface area contributed by atoms with Gasteiger partial charge in [-0.05, 0) is 32.1 Å². The Hall–Kier alpha value is -0.570. The second-order valence-electron chi connectivity index (χ2n) is 4.22. The van der Waals surface area contributed by atoms with E-state index in [0.717, 1.165) is 38.6 Å². The summed E-state index contributed by atoms with van der Waals surface area (Å²) in [5, 5.41) is 2.93. The molecular weight excluding hydrogens is 166 g/mol. The number of methoxy groups -OCH3 is 1. The molecule has 2 fully saturated rings. The highest BCUT2D eigenvalue weighted by atomic mass is 16.5. The van der Waals surface area contributed by atoms with Gasteiger partial charge in [0, 0.05) is 13.7 Å². The molecule has 3 nitrogen and oxygen atoms in total. The summed E-state index contributed by atoms with van der Waals surface area (Å²) in [5.41, 5.74) is -0.0188. The van der Waals surface area contributed by atoms with E-state index in [1.54, 1.807) is 7.11 Å². The molecule has 2 aliphatic rings. The van der Waals surface area contributed by atoms with Gasteiger partial charge in [-0.3, -0.25) is 4.79 Å². The summed E-state index contributed by atoms with van der Waals surface area (Å²) in [7, 11) is 1.76. The van der Waals surface area contributed by atoms with Crippen molar-refractivity contribution in [2.45, 2.75) is 38.2 Å². The Balaban J connectivity index is 1.99. The van der Waals surface area contributed by atoms with E-state index in [9.17, 15) is 4.79 Å². The second kappa shape index (κ2) is 3.29. The van der Waals surface area contributed by atoms with E-state index < -0.39 is 0 Å². The Morgan fingerprint density at radius 3 is 2.54 bits per heavy atom. The van der Waals surface area contributed by atoms with E-state index in [4.69, 9.17) is 4.74 Å². The molecule has 0 radical (unpaired) electrons. The molecule has 1 spiro atoms. The van der Waals surface area contributed by atoms with Gasteiger partial charge in [0.15, 0.2) is 0 Å². The Labute approximate surface area is 78.8 Å². The molecule has 74 valence electrons. The molecule has 2 rings (SSSR count). The summed E-state index contributed by atoms with van der Waals surface area (Å²) in [6.45, 7) is 0.872. The maximum Gasteiger partial charge on any atom is 0.226 e. The van der Waals surface area contributed by atoms with E-state index >= 15 is 0 Å². The molecule has 1 heterocycles. The van der Waals surface area contributed by atoms with Gasteiger partial charge >= 0.3 is 0 Å². The van der Waals surface area contributed by atoms with Gasteiger partial charge in [0.05, 0.1) is 11.5 Å². The summed E-state index contributed by atoms with van der Waals surface area (Å²) in [5.74, 6) is 0.280. The second-order valence-corrected chi connectivity index (χ2v) is 4.22.